The molecule has 1 amide bonds. The number of nitrogens with zero attached hydrogens (tertiary/aromatic N) is 1. The fourth-order valence-corrected chi connectivity index (χ4v) is 2.58. The highest BCUT2D eigenvalue weighted by molar-refractivity contribution is 5.67. The highest BCUT2D eigenvalue weighted by Gasteiger charge is 2.20. The molecule has 1 rings (SSSR count). The molecule has 0 aromatic rings. The zero-order valence-corrected chi connectivity index (χ0v) is 14.4. The Hall–Kier alpha value is -0.810. The maximum Gasteiger partial charge on any atom is 0.407 e. The largest absolute Gasteiger partial charge is 0.444 e. The van der Waals surface area contributed by atoms with E-state index in [9.17, 15) is 4.79 Å². The van der Waals surface area contributed by atoms with Crippen LogP contribution in [0.3, 0.4) is 0 Å². The molecular weight excluding hydrogens is 266 g/mol. The Labute approximate surface area is 129 Å². The van der Waals surface area contributed by atoms with Crippen molar-refractivity contribution in [1.29, 1.82) is 0 Å². The maximum atomic E-state index is 11.7. The number of likely N-dealkylation sites (tertiary alicyclic amines) is 1. The summed E-state index contributed by atoms with van der Waals surface area (Å²) in [5.74, 6) is 0. The quantitative estimate of drug-likeness (QED) is 0.818. The highest BCUT2D eigenvalue weighted by Crippen LogP contribution is 2.11. The molecule has 2 atom stereocenters. The van der Waals surface area contributed by atoms with Crippen LogP contribution in [0, 0.1) is 0 Å². The molecule has 1 saturated heterocycles. The van der Waals surface area contributed by atoms with Gasteiger partial charge in [0.05, 0.1) is 0 Å². The van der Waals surface area contributed by atoms with Crippen molar-refractivity contribution in [2.45, 2.75) is 71.1 Å². The zero-order valence-electron chi connectivity index (χ0n) is 14.4. The number of hydrogen-bond acceptors (Lipinski definition) is 4. The average Bonchev–Trinajstić information content (AvgIpc) is 2.57. The first-order valence-corrected chi connectivity index (χ1v) is 8.21. The van der Waals surface area contributed by atoms with E-state index in [0.717, 1.165) is 13.0 Å². The first-order valence-electron chi connectivity index (χ1n) is 8.21. The summed E-state index contributed by atoms with van der Waals surface area (Å²) in [5.41, 5.74) is -0.439. The SMILES string of the molecule is CCC(CNC(=O)OC(C)(C)C)NC1CCCN(C)CC1. The molecule has 5 nitrogen and oxygen atoms in total. The Morgan fingerprint density at radius 3 is 2.67 bits per heavy atom. The molecule has 2 N–H and O–H groups in total. The van der Waals surface area contributed by atoms with E-state index in [1.807, 2.05) is 20.8 Å². The molecule has 0 bridgehead atoms. The van der Waals surface area contributed by atoms with Crippen LogP contribution in [0.25, 0.3) is 0 Å². The van der Waals surface area contributed by atoms with E-state index < -0.39 is 5.60 Å². The van der Waals surface area contributed by atoms with Crippen molar-refractivity contribution >= 4 is 6.09 Å². The van der Waals surface area contributed by atoms with Crippen molar-refractivity contribution in [2.24, 2.45) is 0 Å². The van der Waals surface area contributed by atoms with Gasteiger partial charge in [-0.2, -0.15) is 0 Å². The Morgan fingerprint density at radius 1 is 1.33 bits per heavy atom. The van der Waals surface area contributed by atoms with Gasteiger partial charge < -0.3 is 20.3 Å². The number of amides is 1. The summed E-state index contributed by atoms with van der Waals surface area (Å²) in [6, 6.07) is 0.867. The van der Waals surface area contributed by atoms with E-state index in [1.165, 1.54) is 25.8 Å². The second kappa shape index (κ2) is 8.59. The van der Waals surface area contributed by atoms with Crippen molar-refractivity contribution in [2.75, 3.05) is 26.7 Å². The van der Waals surface area contributed by atoms with Crippen LogP contribution in [0.1, 0.15) is 53.4 Å². The normalized spacial score (nSPS) is 22.4. The summed E-state index contributed by atoms with van der Waals surface area (Å²) in [6.07, 6.45) is 4.31. The fraction of sp³-hybridized carbons (Fsp3) is 0.938. The Kier molecular flexibility index (Phi) is 7.46. The molecule has 0 aliphatic carbocycles. The number of hydrogen-bond donors (Lipinski definition) is 2. The molecule has 1 heterocycles. The third kappa shape index (κ3) is 8.27. The molecule has 0 spiro atoms. The maximum absolute atomic E-state index is 11.7. The lowest BCUT2D eigenvalue weighted by Crippen LogP contribution is -2.46. The summed E-state index contributed by atoms with van der Waals surface area (Å²) >= 11 is 0. The zero-order chi connectivity index (χ0) is 15.9. The Bertz CT molecular complexity index is 315. The lowest BCUT2D eigenvalue weighted by atomic mass is 10.1. The van der Waals surface area contributed by atoms with Gasteiger partial charge in [0.2, 0.25) is 0 Å². The third-order valence-electron chi connectivity index (χ3n) is 3.81. The first-order chi connectivity index (χ1) is 9.80. The van der Waals surface area contributed by atoms with E-state index in [-0.39, 0.29) is 6.09 Å². The van der Waals surface area contributed by atoms with Crippen molar-refractivity contribution in [3.05, 3.63) is 0 Å². The second-order valence-electron chi connectivity index (χ2n) is 7.09. The molecule has 5 heteroatoms. The van der Waals surface area contributed by atoms with Crippen LogP contribution < -0.4 is 10.6 Å². The molecule has 0 radical (unpaired) electrons. The Morgan fingerprint density at radius 2 is 2.05 bits per heavy atom. The van der Waals surface area contributed by atoms with E-state index in [0.29, 0.717) is 18.6 Å². The van der Waals surface area contributed by atoms with Gasteiger partial charge in [0.1, 0.15) is 5.60 Å². The molecule has 124 valence electrons. The molecule has 21 heavy (non-hydrogen) atoms. The lowest BCUT2D eigenvalue weighted by Gasteiger charge is -2.25. The van der Waals surface area contributed by atoms with Gasteiger partial charge in [-0.05, 0) is 66.6 Å². The molecule has 1 aliphatic rings. The number of carbonyl (C=O) groups excluding carboxylic acids is 1. The second-order valence-corrected chi connectivity index (χ2v) is 7.09. The molecule has 2 unspecified atom stereocenters. The molecule has 0 aromatic heterocycles. The highest BCUT2D eigenvalue weighted by atomic mass is 16.6. The minimum Gasteiger partial charge on any atom is -0.444 e. The lowest BCUT2D eigenvalue weighted by molar-refractivity contribution is 0.0521. The number of carbonyl (C=O) groups is 1. The molecule has 0 aromatic carbocycles. The van der Waals surface area contributed by atoms with Crippen molar-refractivity contribution in [3.63, 3.8) is 0 Å². The summed E-state index contributed by atoms with van der Waals surface area (Å²) in [7, 11) is 2.18. The summed E-state index contributed by atoms with van der Waals surface area (Å²) in [6.45, 7) is 10.7. The van der Waals surface area contributed by atoms with E-state index in [2.05, 4.69) is 29.5 Å². The molecular formula is C16H33N3O2. The van der Waals surface area contributed by atoms with Gasteiger partial charge >= 0.3 is 6.09 Å². The standard InChI is InChI=1S/C16H33N3O2/c1-6-13(12-17-15(20)21-16(2,3)4)18-14-8-7-10-19(5)11-9-14/h13-14,18H,6-12H2,1-5H3,(H,17,20). The van der Waals surface area contributed by atoms with Gasteiger partial charge in [0.15, 0.2) is 0 Å². The van der Waals surface area contributed by atoms with E-state index in [1.54, 1.807) is 0 Å². The van der Waals surface area contributed by atoms with Crippen molar-refractivity contribution in [3.8, 4) is 0 Å². The van der Waals surface area contributed by atoms with Crippen LogP contribution in [0.5, 0.6) is 0 Å². The van der Waals surface area contributed by atoms with Crippen molar-refractivity contribution in [1.82, 2.24) is 15.5 Å². The number of ether oxygens (including phenoxy) is 1. The molecule has 1 aliphatic heterocycles. The smallest absolute Gasteiger partial charge is 0.407 e. The number of rotatable bonds is 5. The van der Waals surface area contributed by atoms with E-state index in [4.69, 9.17) is 4.74 Å². The minimum absolute atomic E-state index is 0.311. The van der Waals surface area contributed by atoms with Crippen LogP contribution in [0.2, 0.25) is 0 Å². The molecule has 0 saturated carbocycles. The third-order valence-corrected chi connectivity index (χ3v) is 3.81. The van der Waals surface area contributed by atoms with E-state index >= 15 is 0 Å². The van der Waals surface area contributed by atoms with Gasteiger partial charge in [-0.3, -0.25) is 0 Å². The van der Waals surface area contributed by atoms with Crippen molar-refractivity contribution < 1.29 is 9.53 Å². The fourth-order valence-electron chi connectivity index (χ4n) is 2.58. The van der Waals surface area contributed by atoms with Crippen LogP contribution in [-0.4, -0.2) is 55.4 Å². The summed E-state index contributed by atoms with van der Waals surface area (Å²) in [4.78, 5) is 14.1. The van der Waals surface area contributed by atoms with Gasteiger partial charge in [0, 0.05) is 18.6 Å². The van der Waals surface area contributed by atoms with Crippen LogP contribution in [0.4, 0.5) is 4.79 Å². The first kappa shape index (κ1) is 18.2. The van der Waals surface area contributed by atoms with Crippen LogP contribution >= 0.6 is 0 Å². The number of alkyl carbamates (subject to hydrolysis) is 1. The Balaban J connectivity index is 2.32. The summed E-state index contributed by atoms with van der Waals surface area (Å²) in [5, 5.41) is 6.56. The summed E-state index contributed by atoms with van der Waals surface area (Å²) < 4.78 is 5.27. The van der Waals surface area contributed by atoms with Gasteiger partial charge in [-0.25, -0.2) is 4.79 Å². The topological polar surface area (TPSA) is 53.6 Å². The predicted molar refractivity (Wildman–Crippen MR) is 86.6 cm³/mol. The van der Waals surface area contributed by atoms with Gasteiger partial charge in [0.25, 0.3) is 0 Å². The molecule has 1 fully saturated rings. The van der Waals surface area contributed by atoms with Gasteiger partial charge in [-0.15, -0.1) is 0 Å². The predicted octanol–water partition coefficient (Wildman–Crippen LogP) is 2.36. The van der Waals surface area contributed by atoms with Crippen LogP contribution in [0.15, 0.2) is 0 Å². The number of nitrogens with one attached hydrogen (secondary N) is 2. The van der Waals surface area contributed by atoms with Gasteiger partial charge in [-0.1, -0.05) is 6.92 Å². The average molecular weight is 299 g/mol. The minimum atomic E-state index is -0.439. The van der Waals surface area contributed by atoms with Crippen LogP contribution in [-0.2, 0) is 4.74 Å². The monoisotopic (exact) mass is 299 g/mol.